The molecule has 2 amide bonds. The third-order valence-electron chi connectivity index (χ3n) is 3.71. The smallest absolute Gasteiger partial charge is 0.244 e. The molecule has 0 fully saturated rings. The quantitative estimate of drug-likeness (QED) is 0.672. The zero-order chi connectivity index (χ0) is 18.2. The molecule has 0 aliphatic carbocycles. The molecule has 3 rings (SSSR count). The highest BCUT2D eigenvalue weighted by atomic mass is 16.2. The van der Waals surface area contributed by atoms with E-state index < -0.39 is 0 Å². The summed E-state index contributed by atoms with van der Waals surface area (Å²) < 4.78 is 0. The molecule has 0 atom stereocenters. The van der Waals surface area contributed by atoms with Crippen molar-refractivity contribution in [1.29, 1.82) is 0 Å². The van der Waals surface area contributed by atoms with Gasteiger partial charge in [-0.15, -0.1) is 0 Å². The Bertz CT molecular complexity index is 933. The fourth-order valence-corrected chi connectivity index (χ4v) is 2.45. The molecule has 130 valence electrons. The SMILES string of the molecule is O=C(/C=C/c1ccnc2ccccc12)NCCC(=O)Nc1ccncc1. The lowest BCUT2D eigenvalue weighted by Gasteiger charge is -2.05. The van der Waals surface area contributed by atoms with E-state index in [4.69, 9.17) is 0 Å². The molecule has 0 aliphatic rings. The Morgan fingerprint density at radius 1 is 1.00 bits per heavy atom. The highest BCUT2D eigenvalue weighted by Gasteiger charge is 2.03. The summed E-state index contributed by atoms with van der Waals surface area (Å²) in [6.45, 7) is 0.261. The molecule has 0 spiro atoms. The third kappa shape index (κ3) is 4.73. The number of carbonyl (C=O) groups excluding carboxylic acids is 2. The Balaban J connectivity index is 1.49. The second kappa shape index (κ2) is 8.53. The molecule has 26 heavy (non-hydrogen) atoms. The van der Waals surface area contributed by atoms with E-state index in [0.29, 0.717) is 5.69 Å². The summed E-state index contributed by atoms with van der Waals surface area (Å²) in [5, 5.41) is 6.42. The Morgan fingerprint density at radius 2 is 1.81 bits per heavy atom. The summed E-state index contributed by atoms with van der Waals surface area (Å²) in [4.78, 5) is 31.9. The van der Waals surface area contributed by atoms with E-state index >= 15 is 0 Å². The number of para-hydroxylation sites is 1. The van der Waals surface area contributed by atoms with Crippen molar-refractivity contribution in [2.24, 2.45) is 0 Å². The molecule has 2 aromatic heterocycles. The van der Waals surface area contributed by atoms with E-state index in [1.165, 1.54) is 6.08 Å². The molecule has 0 saturated heterocycles. The zero-order valence-electron chi connectivity index (χ0n) is 14.1. The minimum atomic E-state index is -0.248. The summed E-state index contributed by atoms with van der Waals surface area (Å²) in [5.41, 5.74) is 2.48. The molecule has 6 heteroatoms. The fraction of sp³-hybridized carbons (Fsp3) is 0.100. The molecule has 0 saturated carbocycles. The average Bonchev–Trinajstić information content (AvgIpc) is 2.67. The van der Waals surface area contributed by atoms with Gasteiger partial charge in [0.1, 0.15) is 0 Å². The standard InChI is InChI=1S/C20H18N4O2/c25-19(23-14-10-20(26)24-16-8-11-21-12-9-16)6-5-15-7-13-22-18-4-2-1-3-17(15)18/h1-9,11-13H,10,14H2,(H,23,25)(H,21,24,26)/b6-5+. The van der Waals surface area contributed by atoms with Crippen molar-refractivity contribution in [2.75, 3.05) is 11.9 Å². The molecule has 0 unspecified atom stereocenters. The van der Waals surface area contributed by atoms with Crippen LogP contribution in [0.3, 0.4) is 0 Å². The van der Waals surface area contributed by atoms with Gasteiger partial charge in [0.25, 0.3) is 0 Å². The fourth-order valence-electron chi connectivity index (χ4n) is 2.45. The van der Waals surface area contributed by atoms with Crippen LogP contribution in [0.2, 0.25) is 0 Å². The molecule has 2 heterocycles. The number of aromatic nitrogens is 2. The van der Waals surface area contributed by atoms with Crippen molar-refractivity contribution in [3.63, 3.8) is 0 Å². The number of fused-ring (bicyclic) bond motifs is 1. The van der Waals surface area contributed by atoms with E-state index in [1.807, 2.05) is 30.3 Å². The number of benzene rings is 1. The summed E-state index contributed by atoms with van der Waals surface area (Å²) in [7, 11) is 0. The average molecular weight is 346 g/mol. The number of hydrogen-bond acceptors (Lipinski definition) is 4. The Hall–Kier alpha value is -3.54. The third-order valence-corrected chi connectivity index (χ3v) is 3.71. The first-order valence-electron chi connectivity index (χ1n) is 8.22. The first-order valence-corrected chi connectivity index (χ1v) is 8.22. The van der Waals surface area contributed by atoms with Gasteiger partial charge in [0.2, 0.25) is 11.8 Å². The van der Waals surface area contributed by atoms with Gasteiger partial charge in [0, 0.05) is 48.7 Å². The van der Waals surface area contributed by atoms with Crippen LogP contribution in [0.1, 0.15) is 12.0 Å². The highest BCUT2D eigenvalue weighted by Crippen LogP contribution is 2.17. The molecule has 1 aromatic carbocycles. The van der Waals surface area contributed by atoms with Crippen LogP contribution in [-0.2, 0) is 9.59 Å². The summed E-state index contributed by atoms with van der Waals surface area (Å²) >= 11 is 0. The van der Waals surface area contributed by atoms with E-state index in [9.17, 15) is 9.59 Å². The van der Waals surface area contributed by atoms with E-state index in [-0.39, 0.29) is 24.8 Å². The van der Waals surface area contributed by atoms with E-state index in [1.54, 1.807) is 36.8 Å². The maximum Gasteiger partial charge on any atom is 0.244 e. The van der Waals surface area contributed by atoms with Crippen molar-refractivity contribution in [3.05, 3.63) is 72.7 Å². The first kappa shape index (κ1) is 17.3. The van der Waals surface area contributed by atoms with Crippen LogP contribution in [-0.4, -0.2) is 28.3 Å². The largest absolute Gasteiger partial charge is 0.352 e. The van der Waals surface area contributed by atoms with Gasteiger partial charge in [-0.3, -0.25) is 19.6 Å². The minimum Gasteiger partial charge on any atom is -0.352 e. The molecule has 3 aromatic rings. The van der Waals surface area contributed by atoms with Crippen LogP contribution in [0.4, 0.5) is 5.69 Å². The Kier molecular flexibility index (Phi) is 5.67. The van der Waals surface area contributed by atoms with Crippen molar-refractivity contribution < 1.29 is 9.59 Å². The Morgan fingerprint density at radius 3 is 2.65 bits per heavy atom. The second-order valence-corrected chi connectivity index (χ2v) is 5.58. The number of carbonyl (C=O) groups is 2. The van der Waals surface area contributed by atoms with Gasteiger partial charge in [-0.1, -0.05) is 18.2 Å². The highest BCUT2D eigenvalue weighted by molar-refractivity contribution is 5.96. The summed E-state index contributed by atoms with van der Waals surface area (Å²) in [6, 6.07) is 13.0. The number of rotatable bonds is 6. The summed E-state index contributed by atoms with van der Waals surface area (Å²) in [6.07, 6.45) is 8.32. The number of anilines is 1. The van der Waals surface area contributed by atoms with Crippen LogP contribution in [0.15, 0.2) is 67.1 Å². The van der Waals surface area contributed by atoms with Crippen LogP contribution < -0.4 is 10.6 Å². The predicted molar refractivity (Wildman–Crippen MR) is 101 cm³/mol. The number of amides is 2. The second-order valence-electron chi connectivity index (χ2n) is 5.58. The maximum absolute atomic E-state index is 11.9. The Labute approximate surface area is 151 Å². The normalized spacial score (nSPS) is 10.8. The van der Waals surface area contributed by atoms with Crippen molar-refractivity contribution in [3.8, 4) is 0 Å². The maximum atomic E-state index is 11.9. The topological polar surface area (TPSA) is 84.0 Å². The van der Waals surface area contributed by atoms with Crippen molar-refractivity contribution in [2.45, 2.75) is 6.42 Å². The number of nitrogens with one attached hydrogen (secondary N) is 2. The van der Waals surface area contributed by atoms with Crippen LogP contribution in [0.5, 0.6) is 0 Å². The monoisotopic (exact) mass is 346 g/mol. The molecule has 6 nitrogen and oxygen atoms in total. The van der Waals surface area contributed by atoms with Gasteiger partial charge in [-0.2, -0.15) is 0 Å². The molecule has 0 radical (unpaired) electrons. The molecule has 2 N–H and O–H groups in total. The van der Waals surface area contributed by atoms with E-state index in [2.05, 4.69) is 20.6 Å². The molecule has 0 aliphatic heterocycles. The molecular formula is C20H18N4O2. The van der Waals surface area contributed by atoms with Gasteiger partial charge < -0.3 is 10.6 Å². The summed E-state index contributed by atoms with van der Waals surface area (Å²) in [5.74, 6) is -0.414. The lowest BCUT2D eigenvalue weighted by atomic mass is 10.1. The van der Waals surface area contributed by atoms with E-state index in [0.717, 1.165) is 16.5 Å². The van der Waals surface area contributed by atoms with Crippen LogP contribution in [0, 0.1) is 0 Å². The van der Waals surface area contributed by atoms with Gasteiger partial charge in [-0.05, 0) is 35.9 Å². The molecular weight excluding hydrogens is 328 g/mol. The van der Waals surface area contributed by atoms with Crippen LogP contribution >= 0.6 is 0 Å². The molecule has 0 bridgehead atoms. The van der Waals surface area contributed by atoms with Gasteiger partial charge in [-0.25, -0.2) is 0 Å². The number of pyridine rings is 2. The van der Waals surface area contributed by atoms with Crippen LogP contribution in [0.25, 0.3) is 17.0 Å². The number of hydrogen-bond donors (Lipinski definition) is 2. The predicted octanol–water partition coefficient (Wildman–Crippen LogP) is 2.79. The number of nitrogens with zero attached hydrogens (tertiary/aromatic N) is 2. The lowest BCUT2D eigenvalue weighted by molar-refractivity contribution is -0.117. The van der Waals surface area contributed by atoms with Gasteiger partial charge in [0.05, 0.1) is 5.52 Å². The minimum absolute atomic E-state index is 0.166. The lowest BCUT2D eigenvalue weighted by Crippen LogP contribution is -2.26. The zero-order valence-corrected chi connectivity index (χ0v) is 14.1. The van der Waals surface area contributed by atoms with Gasteiger partial charge >= 0.3 is 0 Å². The van der Waals surface area contributed by atoms with Crippen molar-refractivity contribution in [1.82, 2.24) is 15.3 Å². The van der Waals surface area contributed by atoms with Crippen molar-refractivity contribution >= 4 is 34.5 Å². The van der Waals surface area contributed by atoms with Gasteiger partial charge in [0.15, 0.2) is 0 Å². The first-order chi connectivity index (χ1) is 12.7.